The molecule has 6 heteroatoms. The number of carbonyl (C=O) groups is 1. The molecule has 0 atom stereocenters. The van der Waals surface area contributed by atoms with Crippen molar-refractivity contribution in [2.24, 2.45) is 0 Å². The number of alkyl halides is 1. The van der Waals surface area contributed by atoms with Crippen LogP contribution in [0.2, 0.25) is 0 Å². The van der Waals surface area contributed by atoms with E-state index in [1.807, 2.05) is 32.2 Å². The van der Waals surface area contributed by atoms with Gasteiger partial charge in [0.25, 0.3) is 0 Å². The first-order valence-corrected chi connectivity index (χ1v) is 7.51. The Morgan fingerprint density at radius 2 is 2.15 bits per heavy atom. The third-order valence-corrected chi connectivity index (χ3v) is 3.50. The first-order chi connectivity index (χ1) is 9.47. The normalized spacial score (nSPS) is 16.1. The summed E-state index contributed by atoms with van der Waals surface area (Å²) in [6.07, 6.45) is 1.81. The molecule has 20 heavy (non-hydrogen) atoms. The zero-order valence-corrected chi connectivity index (χ0v) is 13.4. The molecule has 0 aliphatic carbocycles. The third kappa shape index (κ3) is 4.18. The summed E-state index contributed by atoms with van der Waals surface area (Å²) < 4.78 is 4.77. The highest BCUT2D eigenvalue weighted by Gasteiger charge is 2.22. The van der Waals surface area contributed by atoms with Gasteiger partial charge in [-0.2, -0.15) is 0 Å². The summed E-state index contributed by atoms with van der Waals surface area (Å²) in [5.74, 6) is 0.930. The van der Waals surface area contributed by atoms with Crippen molar-refractivity contribution in [1.29, 1.82) is 0 Å². The zero-order valence-electron chi connectivity index (χ0n) is 11.9. The van der Waals surface area contributed by atoms with Crippen molar-refractivity contribution in [2.45, 2.75) is 24.7 Å². The van der Waals surface area contributed by atoms with Gasteiger partial charge < -0.3 is 15.0 Å². The summed E-state index contributed by atoms with van der Waals surface area (Å²) in [5, 5.41) is 2.88. The maximum Gasteiger partial charge on any atom is 0.236 e. The number of halogens is 1. The minimum absolute atomic E-state index is 0.0326. The molecule has 0 bridgehead atoms. The third-order valence-electron chi connectivity index (χ3n) is 3.14. The van der Waals surface area contributed by atoms with Crippen LogP contribution in [0, 0.1) is 0 Å². The van der Waals surface area contributed by atoms with Crippen molar-refractivity contribution < 1.29 is 9.53 Å². The summed E-state index contributed by atoms with van der Waals surface area (Å²) in [4.78, 5) is 18.4. The van der Waals surface area contributed by atoms with Crippen LogP contribution in [-0.2, 0) is 16.1 Å². The maximum atomic E-state index is 11.8. The number of rotatable bonds is 4. The molecule has 1 amide bonds. The second-order valence-corrected chi connectivity index (χ2v) is 7.26. The minimum Gasteiger partial charge on any atom is -0.378 e. The van der Waals surface area contributed by atoms with E-state index >= 15 is 0 Å². The van der Waals surface area contributed by atoms with E-state index in [1.165, 1.54) is 0 Å². The number of pyridine rings is 1. The standard InChI is InChI=1S/C14H20BrN3O2/c1-14(2,15)13(19)17-10-11-3-4-12(16-9-11)18-5-7-20-8-6-18/h3-4,9H,5-8,10H2,1-2H3,(H,17,19). The number of carbonyl (C=O) groups excluding carboxylic acids is 1. The van der Waals surface area contributed by atoms with E-state index in [-0.39, 0.29) is 5.91 Å². The molecule has 1 aromatic heterocycles. The number of hydrogen-bond donors (Lipinski definition) is 1. The molecular weight excluding hydrogens is 322 g/mol. The lowest BCUT2D eigenvalue weighted by Gasteiger charge is -2.27. The summed E-state index contributed by atoms with van der Waals surface area (Å²) in [6, 6.07) is 3.99. The van der Waals surface area contributed by atoms with Crippen molar-refractivity contribution in [3.05, 3.63) is 23.9 Å². The van der Waals surface area contributed by atoms with Gasteiger partial charge in [-0.1, -0.05) is 22.0 Å². The Kier molecular flexibility index (Phi) is 4.99. The predicted octanol–water partition coefficient (Wildman–Crippen LogP) is 1.71. The lowest BCUT2D eigenvalue weighted by Crippen LogP contribution is -2.37. The molecule has 0 unspecified atom stereocenters. The van der Waals surface area contributed by atoms with E-state index in [2.05, 4.69) is 31.1 Å². The van der Waals surface area contributed by atoms with Crippen molar-refractivity contribution in [3.8, 4) is 0 Å². The molecule has 1 aromatic rings. The molecule has 0 aromatic carbocycles. The van der Waals surface area contributed by atoms with Gasteiger partial charge in [0.1, 0.15) is 5.82 Å². The first-order valence-electron chi connectivity index (χ1n) is 6.71. The fourth-order valence-electron chi connectivity index (χ4n) is 1.89. The largest absolute Gasteiger partial charge is 0.378 e. The lowest BCUT2D eigenvalue weighted by atomic mass is 10.2. The Labute approximate surface area is 127 Å². The van der Waals surface area contributed by atoms with Crippen LogP contribution < -0.4 is 10.2 Å². The van der Waals surface area contributed by atoms with Crippen LogP contribution >= 0.6 is 15.9 Å². The molecule has 0 radical (unpaired) electrons. The van der Waals surface area contributed by atoms with Crippen molar-refractivity contribution in [1.82, 2.24) is 10.3 Å². The van der Waals surface area contributed by atoms with Crippen LogP contribution in [0.1, 0.15) is 19.4 Å². The first kappa shape index (κ1) is 15.3. The fraction of sp³-hybridized carbons (Fsp3) is 0.571. The van der Waals surface area contributed by atoms with E-state index in [0.717, 1.165) is 37.7 Å². The van der Waals surface area contributed by atoms with Crippen LogP contribution in [0.5, 0.6) is 0 Å². The van der Waals surface area contributed by atoms with E-state index < -0.39 is 4.32 Å². The Hall–Kier alpha value is -1.14. The molecule has 1 fully saturated rings. The topological polar surface area (TPSA) is 54.5 Å². The van der Waals surface area contributed by atoms with Gasteiger partial charge in [-0.3, -0.25) is 4.79 Å². The summed E-state index contributed by atoms with van der Waals surface area (Å²) in [5.41, 5.74) is 0.993. The van der Waals surface area contributed by atoms with Crippen LogP contribution in [0.4, 0.5) is 5.82 Å². The molecule has 2 rings (SSSR count). The molecule has 0 spiro atoms. The lowest BCUT2D eigenvalue weighted by molar-refractivity contribution is -0.122. The monoisotopic (exact) mass is 341 g/mol. The number of morpholine rings is 1. The van der Waals surface area contributed by atoms with E-state index in [1.54, 1.807) is 0 Å². The van der Waals surface area contributed by atoms with E-state index in [4.69, 9.17) is 4.74 Å². The average molecular weight is 342 g/mol. The minimum atomic E-state index is -0.547. The molecule has 1 aliphatic heterocycles. The van der Waals surface area contributed by atoms with Crippen molar-refractivity contribution in [2.75, 3.05) is 31.2 Å². The molecule has 5 nitrogen and oxygen atoms in total. The number of nitrogens with one attached hydrogen (secondary N) is 1. The molecule has 1 aliphatic rings. The fourth-order valence-corrected chi connectivity index (χ4v) is 2.03. The number of hydrogen-bond acceptors (Lipinski definition) is 4. The Balaban J connectivity index is 1.90. The van der Waals surface area contributed by atoms with Crippen molar-refractivity contribution >= 4 is 27.7 Å². The number of ether oxygens (including phenoxy) is 1. The van der Waals surface area contributed by atoms with Gasteiger partial charge in [0.15, 0.2) is 0 Å². The number of nitrogens with zero attached hydrogens (tertiary/aromatic N) is 2. The molecule has 1 N–H and O–H groups in total. The van der Waals surface area contributed by atoms with Crippen molar-refractivity contribution in [3.63, 3.8) is 0 Å². The Bertz CT molecular complexity index is 450. The average Bonchev–Trinajstić information content (AvgIpc) is 2.45. The number of anilines is 1. The van der Waals surface area contributed by atoms with Gasteiger partial charge >= 0.3 is 0 Å². The Morgan fingerprint density at radius 1 is 1.45 bits per heavy atom. The van der Waals surface area contributed by atoms with Crippen LogP contribution in [0.3, 0.4) is 0 Å². The highest BCUT2D eigenvalue weighted by Crippen LogP contribution is 2.16. The van der Waals surface area contributed by atoms with E-state index in [0.29, 0.717) is 6.54 Å². The van der Waals surface area contributed by atoms with Gasteiger partial charge in [0.2, 0.25) is 5.91 Å². The molecule has 0 saturated carbocycles. The zero-order chi connectivity index (χ0) is 14.6. The SMILES string of the molecule is CC(C)(Br)C(=O)NCc1ccc(N2CCOCC2)nc1. The van der Waals surface area contributed by atoms with Gasteiger partial charge in [-0.15, -0.1) is 0 Å². The maximum absolute atomic E-state index is 11.8. The van der Waals surface area contributed by atoms with Gasteiger partial charge in [-0.25, -0.2) is 4.98 Å². The number of aromatic nitrogens is 1. The second kappa shape index (κ2) is 6.54. The van der Waals surface area contributed by atoms with Crippen LogP contribution in [-0.4, -0.2) is 41.5 Å². The predicted molar refractivity (Wildman–Crippen MR) is 82.1 cm³/mol. The molecular formula is C14H20BrN3O2. The highest BCUT2D eigenvalue weighted by atomic mass is 79.9. The van der Waals surface area contributed by atoms with Gasteiger partial charge in [-0.05, 0) is 25.5 Å². The van der Waals surface area contributed by atoms with E-state index in [9.17, 15) is 4.79 Å². The summed E-state index contributed by atoms with van der Waals surface area (Å²) >= 11 is 3.34. The quantitative estimate of drug-likeness (QED) is 0.847. The summed E-state index contributed by atoms with van der Waals surface area (Å²) in [6.45, 7) is 7.38. The molecule has 1 saturated heterocycles. The van der Waals surface area contributed by atoms with Gasteiger partial charge in [0, 0.05) is 25.8 Å². The summed E-state index contributed by atoms with van der Waals surface area (Å²) in [7, 11) is 0. The smallest absolute Gasteiger partial charge is 0.236 e. The van der Waals surface area contributed by atoms with Gasteiger partial charge in [0.05, 0.1) is 17.5 Å². The highest BCUT2D eigenvalue weighted by molar-refractivity contribution is 9.10. The second-order valence-electron chi connectivity index (χ2n) is 5.28. The number of amides is 1. The Morgan fingerprint density at radius 3 is 2.70 bits per heavy atom. The molecule has 110 valence electrons. The van der Waals surface area contributed by atoms with Crippen LogP contribution in [0.25, 0.3) is 0 Å². The molecule has 2 heterocycles. The van der Waals surface area contributed by atoms with Crippen LogP contribution in [0.15, 0.2) is 18.3 Å².